The topological polar surface area (TPSA) is 192 Å². The van der Waals surface area contributed by atoms with Crippen LogP contribution in [0, 0.1) is 25.2 Å². The zero-order valence-corrected chi connectivity index (χ0v) is 24.3. The van der Waals surface area contributed by atoms with Gasteiger partial charge in [0, 0.05) is 17.3 Å². The van der Waals surface area contributed by atoms with Gasteiger partial charge in [0.1, 0.15) is 6.07 Å². The molecule has 0 aliphatic carbocycles. The molecule has 5 aromatic rings. The molecule has 0 unspecified atom stereocenters. The van der Waals surface area contributed by atoms with E-state index in [9.17, 15) is 29.4 Å². The maximum Gasteiger partial charge on any atom is 0.335 e. The van der Waals surface area contributed by atoms with E-state index in [-0.39, 0.29) is 51.7 Å². The smallest absolute Gasteiger partial charge is 0.335 e. The molecule has 0 bridgehead atoms. The molecular weight excluding hydrogens is 582 g/mol. The second-order valence-corrected chi connectivity index (χ2v) is 10.1. The lowest BCUT2D eigenvalue weighted by Crippen LogP contribution is -2.25. The monoisotopic (exact) mass is 609 g/mol. The number of aryl methyl sites for hydroxylation is 2. The van der Waals surface area contributed by atoms with Crippen molar-refractivity contribution in [3.63, 3.8) is 0 Å². The number of carboxylic acids is 2. The van der Waals surface area contributed by atoms with Crippen molar-refractivity contribution in [1.29, 1.82) is 5.26 Å². The summed E-state index contributed by atoms with van der Waals surface area (Å²) in [4.78, 5) is 51.5. The normalized spacial score (nSPS) is 10.9. The second-order valence-electron chi connectivity index (χ2n) is 10.1. The number of carbonyl (C=O) groups is 2. The predicted molar refractivity (Wildman–Crippen MR) is 161 cm³/mol. The van der Waals surface area contributed by atoms with E-state index in [1.54, 1.807) is 44.2 Å². The highest BCUT2D eigenvalue weighted by atomic mass is 16.5. The summed E-state index contributed by atoms with van der Waals surface area (Å²) in [5.41, 5.74) is 1.18. The van der Waals surface area contributed by atoms with Gasteiger partial charge in [0.05, 0.1) is 40.7 Å². The molecular formula is C32H27N5O8. The van der Waals surface area contributed by atoms with Gasteiger partial charge >= 0.3 is 11.9 Å². The SMILES string of the molecule is COc1cc(C(c2c(C)[nH]n(-c3cccc(C(=O)O)c3)c2=O)c2c(C)[nH]n(-c3cccc(C(=O)O)c3)c2=O)ccc1OCC#N. The lowest BCUT2D eigenvalue weighted by Gasteiger charge is -2.18. The first kappa shape index (κ1) is 30.2. The van der Waals surface area contributed by atoms with Gasteiger partial charge in [-0.3, -0.25) is 19.8 Å². The predicted octanol–water partition coefficient (Wildman–Crippen LogP) is 3.75. The van der Waals surface area contributed by atoms with Crippen molar-refractivity contribution >= 4 is 11.9 Å². The van der Waals surface area contributed by atoms with E-state index in [4.69, 9.17) is 14.7 Å². The minimum absolute atomic E-state index is 0.0181. The first-order valence-corrected chi connectivity index (χ1v) is 13.5. The first-order valence-electron chi connectivity index (χ1n) is 13.5. The summed E-state index contributed by atoms with van der Waals surface area (Å²) in [5, 5.41) is 34.0. The maximum absolute atomic E-state index is 14.1. The number of carboxylic acid groups (broad SMARTS) is 2. The Morgan fingerprint density at radius 3 is 1.78 bits per heavy atom. The molecule has 0 amide bonds. The van der Waals surface area contributed by atoms with E-state index in [0.717, 1.165) is 0 Å². The van der Waals surface area contributed by atoms with E-state index in [1.165, 1.54) is 52.9 Å². The highest BCUT2D eigenvalue weighted by Gasteiger charge is 2.32. The summed E-state index contributed by atoms with van der Waals surface area (Å²) in [6.45, 7) is 3.10. The Labute approximate surface area is 255 Å². The van der Waals surface area contributed by atoms with Gasteiger partial charge in [0.15, 0.2) is 18.1 Å². The van der Waals surface area contributed by atoms with Gasteiger partial charge < -0.3 is 19.7 Å². The van der Waals surface area contributed by atoms with Crippen LogP contribution in [0.25, 0.3) is 11.4 Å². The van der Waals surface area contributed by atoms with Gasteiger partial charge in [0.25, 0.3) is 11.1 Å². The molecule has 0 saturated carbocycles. The first-order chi connectivity index (χ1) is 21.5. The second kappa shape index (κ2) is 12.1. The van der Waals surface area contributed by atoms with E-state index >= 15 is 0 Å². The number of aromatic nitrogens is 4. The third kappa shape index (κ3) is 5.59. The van der Waals surface area contributed by atoms with Crippen molar-refractivity contribution in [2.45, 2.75) is 19.8 Å². The lowest BCUT2D eigenvalue weighted by atomic mass is 9.85. The molecule has 0 fully saturated rings. The average molecular weight is 610 g/mol. The van der Waals surface area contributed by atoms with Gasteiger partial charge in [-0.25, -0.2) is 19.0 Å². The van der Waals surface area contributed by atoms with Crippen LogP contribution in [0.1, 0.15) is 54.7 Å². The summed E-state index contributed by atoms with van der Waals surface area (Å²) in [7, 11) is 1.42. The van der Waals surface area contributed by atoms with Crippen molar-refractivity contribution in [3.8, 4) is 28.9 Å². The van der Waals surface area contributed by atoms with Gasteiger partial charge in [-0.1, -0.05) is 18.2 Å². The molecule has 228 valence electrons. The summed E-state index contributed by atoms with van der Waals surface area (Å²) >= 11 is 0. The van der Waals surface area contributed by atoms with Crippen LogP contribution in [0.2, 0.25) is 0 Å². The molecule has 45 heavy (non-hydrogen) atoms. The number of nitrogens with zero attached hydrogens (tertiary/aromatic N) is 3. The minimum atomic E-state index is -1.16. The molecule has 4 N–H and O–H groups in total. The summed E-state index contributed by atoms with van der Waals surface area (Å²) in [5.74, 6) is -2.76. The summed E-state index contributed by atoms with van der Waals surface area (Å²) < 4.78 is 13.4. The Kier molecular flexibility index (Phi) is 8.14. The van der Waals surface area contributed by atoms with Crippen LogP contribution >= 0.6 is 0 Å². The van der Waals surface area contributed by atoms with Crippen molar-refractivity contribution in [2.75, 3.05) is 13.7 Å². The third-order valence-corrected chi connectivity index (χ3v) is 7.33. The van der Waals surface area contributed by atoms with Gasteiger partial charge in [-0.2, -0.15) is 5.26 Å². The van der Waals surface area contributed by atoms with Crippen LogP contribution in [-0.4, -0.2) is 55.4 Å². The maximum atomic E-state index is 14.1. The molecule has 0 radical (unpaired) electrons. The Morgan fingerprint density at radius 1 is 0.822 bits per heavy atom. The largest absolute Gasteiger partial charge is 0.493 e. The van der Waals surface area contributed by atoms with Crippen LogP contribution in [0.5, 0.6) is 11.5 Å². The number of ether oxygens (including phenoxy) is 2. The summed E-state index contributed by atoms with van der Waals surface area (Å²) in [6.07, 6.45) is 0. The van der Waals surface area contributed by atoms with Crippen molar-refractivity contribution in [2.24, 2.45) is 0 Å². The number of aromatic carboxylic acids is 2. The Balaban J connectivity index is 1.77. The van der Waals surface area contributed by atoms with Crippen molar-refractivity contribution in [3.05, 3.63) is 127 Å². The highest BCUT2D eigenvalue weighted by Crippen LogP contribution is 2.37. The molecule has 0 aliphatic rings. The fraction of sp³-hybridized carbons (Fsp3) is 0.156. The van der Waals surface area contributed by atoms with Gasteiger partial charge in [-0.15, -0.1) is 0 Å². The fourth-order valence-electron chi connectivity index (χ4n) is 5.29. The number of methoxy groups -OCH3 is 1. The lowest BCUT2D eigenvalue weighted by molar-refractivity contribution is 0.0686. The molecule has 2 heterocycles. The molecule has 13 heteroatoms. The average Bonchev–Trinajstić information content (AvgIpc) is 3.50. The quantitative estimate of drug-likeness (QED) is 0.182. The third-order valence-electron chi connectivity index (χ3n) is 7.33. The molecule has 0 atom stereocenters. The number of hydrogen-bond acceptors (Lipinski definition) is 7. The van der Waals surface area contributed by atoms with Crippen molar-refractivity contribution in [1.82, 2.24) is 19.6 Å². The van der Waals surface area contributed by atoms with E-state index in [2.05, 4.69) is 10.2 Å². The van der Waals surface area contributed by atoms with Gasteiger partial charge in [0.2, 0.25) is 0 Å². The summed E-state index contributed by atoms with van der Waals surface area (Å²) in [6, 6.07) is 18.5. The Morgan fingerprint density at radius 2 is 1.33 bits per heavy atom. The Bertz CT molecular complexity index is 1990. The van der Waals surface area contributed by atoms with Gasteiger partial charge in [-0.05, 0) is 67.9 Å². The standard InChI is InChI=1S/C32H27N5O8/c1-17-26(29(38)36(34-17)22-8-4-6-20(14-22)31(40)41)28(19-10-11-24(45-13-12-33)25(16-19)44-3)27-18(2)35-37(30(27)39)23-9-5-7-21(15-23)32(42)43/h4-11,14-16,28,34-35H,13H2,1-3H3,(H,40,41)(H,42,43). The number of nitriles is 1. The highest BCUT2D eigenvalue weighted by molar-refractivity contribution is 5.88. The van der Waals surface area contributed by atoms with Crippen molar-refractivity contribution < 1.29 is 29.3 Å². The number of benzene rings is 3. The Hall–Kier alpha value is -6.29. The number of hydrogen-bond donors (Lipinski definition) is 4. The van der Waals surface area contributed by atoms with Crippen LogP contribution in [-0.2, 0) is 0 Å². The molecule has 5 rings (SSSR count). The fourth-order valence-corrected chi connectivity index (χ4v) is 5.29. The molecule has 13 nitrogen and oxygen atoms in total. The molecule has 3 aromatic carbocycles. The molecule has 2 aromatic heterocycles. The van der Waals surface area contributed by atoms with Crippen LogP contribution in [0.4, 0.5) is 0 Å². The number of nitrogens with one attached hydrogen (secondary N) is 2. The minimum Gasteiger partial charge on any atom is -0.493 e. The van der Waals surface area contributed by atoms with Crippen LogP contribution in [0.3, 0.4) is 0 Å². The molecule has 0 spiro atoms. The van der Waals surface area contributed by atoms with Crippen LogP contribution < -0.4 is 20.6 Å². The molecule has 0 saturated heterocycles. The number of rotatable bonds is 10. The zero-order valence-electron chi connectivity index (χ0n) is 24.3. The van der Waals surface area contributed by atoms with Crippen LogP contribution in [0.15, 0.2) is 76.3 Å². The zero-order chi connectivity index (χ0) is 32.4. The van der Waals surface area contributed by atoms with E-state index in [1.807, 2.05) is 6.07 Å². The van der Waals surface area contributed by atoms with E-state index in [0.29, 0.717) is 17.0 Å². The van der Waals surface area contributed by atoms with E-state index < -0.39 is 29.0 Å². The number of H-pyrrole nitrogens is 2. The molecule has 0 aliphatic heterocycles. The number of aromatic amines is 2.